The van der Waals surface area contributed by atoms with Crippen LogP contribution in [0.3, 0.4) is 0 Å². The quantitative estimate of drug-likeness (QED) is 0.859. The van der Waals surface area contributed by atoms with Gasteiger partial charge in [-0.15, -0.1) is 12.4 Å². The van der Waals surface area contributed by atoms with Crippen molar-refractivity contribution in [3.63, 3.8) is 0 Å². The number of benzene rings is 1. The van der Waals surface area contributed by atoms with Gasteiger partial charge in [0.1, 0.15) is 0 Å². The second-order valence-corrected chi connectivity index (χ2v) is 6.86. The van der Waals surface area contributed by atoms with Crippen LogP contribution in [0.5, 0.6) is 5.75 Å². The first-order valence-electron chi connectivity index (χ1n) is 8.51. The highest BCUT2D eigenvalue weighted by atomic mass is 35.5. The summed E-state index contributed by atoms with van der Waals surface area (Å²) >= 11 is 0. The van der Waals surface area contributed by atoms with Gasteiger partial charge in [-0.3, -0.25) is 4.79 Å². The van der Waals surface area contributed by atoms with Gasteiger partial charge in [0, 0.05) is 19.6 Å². The molecule has 0 atom stereocenters. The molecule has 0 aliphatic carbocycles. The lowest BCUT2D eigenvalue weighted by molar-refractivity contribution is 0.0599. The third kappa shape index (κ3) is 3.37. The van der Waals surface area contributed by atoms with Gasteiger partial charge in [0.25, 0.3) is 5.91 Å². The van der Waals surface area contributed by atoms with E-state index >= 15 is 0 Å². The highest BCUT2D eigenvalue weighted by Crippen LogP contribution is 2.37. The number of piperidine rings is 1. The molecule has 2 saturated heterocycles. The lowest BCUT2D eigenvalue weighted by Crippen LogP contribution is -2.44. The summed E-state index contributed by atoms with van der Waals surface area (Å²) in [5.41, 5.74) is 1.32. The monoisotopic (exact) mass is 362 g/mol. The van der Waals surface area contributed by atoms with E-state index in [4.69, 9.17) is 0 Å². The SMILES string of the molecule is Cl.O=C(c1nn(-c2ccccc2)cc1O)N1CCC2(CCNC2)CC1. The van der Waals surface area contributed by atoms with Gasteiger partial charge in [-0.25, -0.2) is 4.68 Å². The molecule has 1 aromatic heterocycles. The lowest BCUT2D eigenvalue weighted by Gasteiger charge is -2.38. The summed E-state index contributed by atoms with van der Waals surface area (Å²) < 4.78 is 1.55. The van der Waals surface area contributed by atoms with Crippen molar-refractivity contribution < 1.29 is 9.90 Å². The van der Waals surface area contributed by atoms with E-state index in [1.165, 1.54) is 12.6 Å². The zero-order chi connectivity index (χ0) is 16.6. The van der Waals surface area contributed by atoms with Gasteiger partial charge < -0.3 is 15.3 Å². The molecule has 1 amide bonds. The Bertz CT molecular complexity index is 731. The van der Waals surface area contributed by atoms with Crippen LogP contribution in [0.2, 0.25) is 0 Å². The van der Waals surface area contributed by atoms with Crippen molar-refractivity contribution in [3.8, 4) is 11.4 Å². The molecule has 0 unspecified atom stereocenters. The Morgan fingerprint density at radius 3 is 2.52 bits per heavy atom. The zero-order valence-corrected chi connectivity index (χ0v) is 14.8. The summed E-state index contributed by atoms with van der Waals surface area (Å²) in [6, 6.07) is 9.49. The van der Waals surface area contributed by atoms with Gasteiger partial charge >= 0.3 is 0 Å². The molecule has 134 valence electrons. The van der Waals surface area contributed by atoms with Crippen molar-refractivity contribution in [2.24, 2.45) is 5.41 Å². The number of para-hydroxylation sites is 1. The Morgan fingerprint density at radius 1 is 1.16 bits per heavy atom. The van der Waals surface area contributed by atoms with Gasteiger partial charge in [-0.1, -0.05) is 18.2 Å². The van der Waals surface area contributed by atoms with E-state index in [-0.39, 0.29) is 29.8 Å². The van der Waals surface area contributed by atoms with Crippen molar-refractivity contribution in [1.29, 1.82) is 0 Å². The zero-order valence-electron chi connectivity index (χ0n) is 14.0. The van der Waals surface area contributed by atoms with Crippen LogP contribution >= 0.6 is 12.4 Å². The molecule has 4 rings (SSSR count). The maximum Gasteiger partial charge on any atom is 0.278 e. The van der Waals surface area contributed by atoms with Crippen molar-refractivity contribution in [3.05, 3.63) is 42.2 Å². The molecule has 2 N–H and O–H groups in total. The van der Waals surface area contributed by atoms with Crippen LogP contribution in [0.15, 0.2) is 36.5 Å². The number of carbonyl (C=O) groups is 1. The van der Waals surface area contributed by atoms with Gasteiger partial charge in [-0.05, 0) is 43.4 Å². The maximum atomic E-state index is 12.7. The summed E-state index contributed by atoms with van der Waals surface area (Å²) in [4.78, 5) is 14.6. The Hall–Kier alpha value is -2.05. The molecule has 6 nitrogen and oxygen atoms in total. The minimum atomic E-state index is -0.178. The van der Waals surface area contributed by atoms with Crippen molar-refractivity contribution in [2.75, 3.05) is 26.2 Å². The Balaban J connectivity index is 0.00000182. The molecular weight excluding hydrogens is 340 g/mol. The number of aromatic hydroxyl groups is 1. The molecule has 0 bridgehead atoms. The molecule has 2 fully saturated rings. The number of hydrogen-bond acceptors (Lipinski definition) is 4. The number of rotatable bonds is 2. The van der Waals surface area contributed by atoms with Crippen LogP contribution in [0.1, 0.15) is 29.8 Å². The Kier molecular flexibility index (Phi) is 5.01. The van der Waals surface area contributed by atoms with E-state index in [2.05, 4.69) is 10.4 Å². The fourth-order valence-corrected chi connectivity index (χ4v) is 3.79. The van der Waals surface area contributed by atoms with E-state index in [1.54, 1.807) is 4.68 Å². The van der Waals surface area contributed by atoms with Gasteiger partial charge in [0.15, 0.2) is 11.4 Å². The van der Waals surface area contributed by atoms with Crippen LogP contribution in [0.25, 0.3) is 5.69 Å². The minimum absolute atomic E-state index is 0. The molecule has 2 aliphatic heterocycles. The van der Waals surface area contributed by atoms with E-state index in [1.807, 2.05) is 35.2 Å². The smallest absolute Gasteiger partial charge is 0.278 e. The molecule has 3 heterocycles. The number of likely N-dealkylation sites (tertiary alicyclic amines) is 1. The van der Waals surface area contributed by atoms with E-state index in [9.17, 15) is 9.90 Å². The van der Waals surface area contributed by atoms with E-state index < -0.39 is 0 Å². The summed E-state index contributed by atoms with van der Waals surface area (Å²) in [6.07, 6.45) is 4.73. The number of aromatic nitrogens is 2. The molecule has 2 aromatic rings. The molecule has 2 aliphatic rings. The summed E-state index contributed by atoms with van der Waals surface area (Å²) in [5.74, 6) is -0.241. The second-order valence-electron chi connectivity index (χ2n) is 6.86. The Labute approximate surface area is 153 Å². The molecule has 0 radical (unpaired) electrons. The summed E-state index contributed by atoms with van der Waals surface area (Å²) in [5, 5.41) is 17.9. The van der Waals surface area contributed by atoms with Crippen molar-refractivity contribution in [1.82, 2.24) is 20.0 Å². The van der Waals surface area contributed by atoms with Crippen LogP contribution in [-0.4, -0.2) is 51.9 Å². The van der Waals surface area contributed by atoms with Crippen molar-refractivity contribution >= 4 is 18.3 Å². The average Bonchev–Trinajstić information content (AvgIpc) is 3.23. The summed E-state index contributed by atoms with van der Waals surface area (Å²) in [6.45, 7) is 3.61. The molecule has 1 spiro atoms. The number of carbonyl (C=O) groups excluding carboxylic acids is 1. The largest absolute Gasteiger partial charge is 0.504 e. The third-order valence-electron chi connectivity index (χ3n) is 5.36. The number of nitrogens with zero attached hydrogens (tertiary/aromatic N) is 3. The lowest BCUT2D eigenvalue weighted by atomic mass is 9.78. The van der Waals surface area contributed by atoms with E-state index in [0.29, 0.717) is 5.41 Å². The highest BCUT2D eigenvalue weighted by Gasteiger charge is 2.38. The Morgan fingerprint density at radius 2 is 1.88 bits per heavy atom. The first-order chi connectivity index (χ1) is 11.7. The number of amides is 1. The average molecular weight is 363 g/mol. The number of nitrogens with one attached hydrogen (secondary N) is 1. The van der Waals surface area contributed by atoms with Gasteiger partial charge in [0.05, 0.1) is 11.9 Å². The third-order valence-corrected chi connectivity index (χ3v) is 5.36. The maximum absolute atomic E-state index is 12.7. The van der Waals surface area contributed by atoms with Crippen LogP contribution in [0, 0.1) is 5.41 Å². The topological polar surface area (TPSA) is 70.4 Å². The normalized spacial score (nSPS) is 19.0. The second kappa shape index (κ2) is 7.06. The van der Waals surface area contributed by atoms with Crippen LogP contribution < -0.4 is 5.32 Å². The molecule has 0 saturated carbocycles. The molecular formula is C18H23ClN4O2. The van der Waals surface area contributed by atoms with Gasteiger partial charge in [0.2, 0.25) is 0 Å². The first-order valence-corrected chi connectivity index (χ1v) is 8.51. The fraction of sp³-hybridized carbons (Fsp3) is 0.444. The molecule has 1 aromatic carbocycles. The fourth-order valence-electron chi connectivity index (χ4n) is 3.79. The molecule has 7 heteroatoms. The summed E-state index contributed by atoms with van der Waals surface area (Å²) in [7, 11) is 0. The first kappa shape index (κ1) is 17.8. The number of hydrogen-bond donors (Lipinski definition) is 2. The number of halogens is 1. The molecule has 25 heavy (non-hydrogen) atoms. The highest BCUT2D eigenvalue weighted by molar-refractivity contribution is 5.94. The van der Waals surface area contributed by atoms with E-state index in [0.717, 1.165) is 44.7 Å². The minimum Gasteiger partial charge on any atom is -0.504 e. The predicted molar refractivity (Wildman–Crippen MR) is 97.5 cm³/mol. The van der Waals surface area contributed by atoms with Crippen LogP contribution in [0.4, 0.5) is 0 Å². The predicted octanol–water partition coefficient (Wildman–Crippen LogP) is 2.22. The van der Waals surface area contributed by atoms with Crippen molar-refractivity contribution in [2.45, 2.75) is 19.3 Å². The van der Waals surface area contributed by atoms with Gasteiger partial charge in [-0.2, -0.15) is 5.10 Å². The van der Waals surface area contributed by atoms with Crippen LogP contribution in [-0.2, 0) is 0 Å². The standard InChI is InChI=1S/C18H22N4O2.ClH/c23-15-12-22(14-4-2-1-3-5-14)20-16(15)17(24)21-10-7-18(8-11-21)6-9-19-13-18;/h1-5,12,19,23H,6-11,13H2;1H.